The van der Waals surface area contributed by atoms with Gasteiger partial charge >= 0.3 is 0 Å². The number of nitrogens with zero attached hydrogens (tertiary/aromatic N) is 3. The van der Waals surface area contributed by atoms with E-state index in [-0.39, 0.29) is 24.4 Å². The van der Waals surface area contributed by atoms with Crippen LogP contribution < -0.4 is 5.32 Å². The van der Waals surface area contributed by atoms with Gasteiger partial charge in [0.2, 0.25) is 0 Å². The van der Waals surface area contributed by atoms with Crippen molar-refractivity contribution >= 4 is 16.8 Å². The number of carbonyl (C=O) groups is 1. The van der Waals surface area contributed by atoms with Gasteiger partial charge in [-0.1, -0.05) is 0 Å². The van der Waals surface area contributed by atoms with Gasteiger partial charge in [0.05, 0.1) is 12.2 Å². The molecule has 2 aromatic heterocycles. The lowest BCUT2D eigenvalue weighted by Crippen LogP contribution is -2.25. The summed E-state index contributed by atoms with van der Waals surface area (Å²) in [5.74, 6) is 0.105. The molecule has 1 fully saturated rings. The van der Waals surface area contributed by atoms with Crippen LogP contribution in [0.1, 0.15) is 41.0 Å². The highest BCUT2D eigenvalue weighted by Gasteiger charge is 2.20. The molecule has 7 heteroatoms. The summed E-state index contributed by atoms with van der Waals surface area (Å²) in [6.07, 6.45) is 3.56. The topological polar surface area (TPSA) is 69.0 Å². The van der Waals surface area contributed by atoms with Gasteiger partial charge in [0.25, 0.3) is 5.91 Å². The second-order valence-corrected chi connectivity index (χ2v) is 6.38. The summed E-state index contributed by atoms with van der Waals surface area (Å²) in [5, 5.41) is 3.56. The SMILES string of the molecule is Cn1c(C(=O)NCc2ccnc([C@@H]3CCCO3)n2)cc2cc(F)ccc21. The minimum absolute atomic E-state index is 0.0567. The van der Waals surface area contributed by atoms with Crippen molar-refractivity contribution in [2.45, 2.75) is 25.5 Å². The van der Waals surface area contributed by atoms with Crippen molar-refractivity contribution in [1.29, 1.82) is 0 Å². The van der Waals surface area contributed by atoms with Gasteiger partial charge in [-0.05, 0) is 43.2 Å². The fraction of sp³-hybridized carbons (Fsp3) is 0.316. The summed E-state index contributed by atoms with van der Waals surface area (Å²) >= 11 is 0. The largest absolute Gasteiger partial charge is 0.370 e. The van der Waals surface area contributed by atoms with Crippen LogP contribution in [0.25, 0.3) is 10.9 Å². The molecule has 1 amide bonds. The summed E-state index contributed by atoms with van der Waals surface area (Å²) in [5.41, 5.74) is 2.00. The van der Waals surface area contributed by atoms with E-state index in [9.17, 15) is 9.18 Å². The van der Waals surface area contributed by atoms with E-state index in [2.05, 4.69) is 15.3 Å². The average molecular weight is 354 g/mol. The minimum Gasteiger partial charge on any atom is -0.370 e. The molecule has 0 spiro atoms. The number of halogens is 1. The molecule has 26 heavy (non-hydrogen) atoms. The first kappa shape index (κ1) is 16.7. The Kier molecular flexibility index (Phi) is 4.38. The van der Waals surface area contributed by atoms with Crippen LogP contribution in [-0.4, -0.2) is 27.0 Å². The van der Waals surface area contributed by atoms with E-state index in [0.717, 1.165) is 30.7 Å². The molecule has 0 saturated carbocycles. The van der Waals surface area contributed by atoms with E-state index in [0.29, 0.717) is 16.9 Å². The van der Waals surface area contributed by atoms with Crippen LogP contribution in [-0.2, 0) is 18.3 Å². The summed E-state index contributed by atoms with van der Waals surface area (Å²) in [6, 6.07) is 7.93. The molecule has 1 N–H and O–H groups in total. The molecule has 0 bridgehead atoms. The molecule has 3 aromatic rings. The zero-order chi connectivity index (χ0) is 18.1. The van der Waals surface area contributed by atoms with Gasteiger partial charge in [-0.15, -0.1) is 0 Å². The standard InChI is InChI=1S/C19H19FN4O2/c1-24-15-5-4-13(20)9-12(15)10-16(24)19(25)22-11-14-6-7-21-18(23-14)17-3-2-8-26-17/h4-7,9-10,17H,2-3,8,11H2,1H3,(H,22,25)/t17-/m0/s1. The molecule has 3 heterocycles. The quantitative estimate of drug-likeness (QED) is 0.782. The van der Waals surface area contributed by atoms with Crippen molar-refractivity contribution in [2.75, 3.05) is 6.61 Å². The van der Waals surface area contributed by atoms with E-state index in [1.54, 1.807) is 36.0 Å². The number of aryl methyl sites for hydroxylation is 1. The first-order chi connectivity index (χ1) is 12.6. The third kappa shape index (κ3) is 3.17. The van der Waals surface area contributed by atoms with Crippen LogP contribution in [0.3, 0.4) is 0 Å². The molecule has 1 aliphatic rings. The second kappa shape index (κ2) is 6.84. The molecule has 1 atom stereocenters. The number of benzene rings is 1. The molecule has 1 saturated heterocycles. The van der Waals surface area contributed by atoms with E-state index in [1.807, 2.05) is 0 Å². The molecule has 0 radical (unpaired) electrons. The number of amides is 1. The van der Waals surface area contributed by atoms with E-state index < -0.39 is 0 Å². The Morgan fingerprint density at radius 2 is 2.27 bits per heavy atom. The number of aromatic nitrogens is 3. The lowest BCUT2D eigenvalue weighted by Gasteiger charge is -2.10. The smallest absolute Gasteiger partial charge is 0.268 e. The molecule has 4 rings (SSSR count). The Morgan fingerprint density at radius 1 is 1.38 bits per heavy atom. The van der Waals surface area contributed by atoms with Crippen molar-refractivity contribution in [3.8, 4) is 0 Å². The fourth-order valence-electron chi connectivity index (χ4n) is 3.25. The maximum atomic E-state index is 13.4. The summed E-state index contributed by atoms with van der Waals surface area (Å²) in [4.78, 5) is 21.3. The highest BCUT2D eigenvalue weighted by molar-refractivity contribution is 5.98. The predicted molar refractivity (Wildman–Crippen MR) is 94.0 cm³/mol. The van der Waals surface area contributed by atoms with Crippen LogP contribution in [0.2, 0.25) is 0 Å². The van der Waals surface area contributed by atoms with Crippen LogP contribution >= 0.6 is 0 Å². The Bertz CT molecular complexity index is 963. The number of fused-ring (bicyclic) bond motifs is 1. The maximum Gasteiger partial charge on any atom is 0.268 e. The van der Waals surface area contributed by atoms with Gasteiger partial charge in [0, 0.05) is 30.8 Å². The Labute approximate surface area is 150 Å². The summed E-state index contributed by atoms with van der Waals surface area (Å²) in [6.45, 7) is 1.02. The molecule has 6 nitrogen and oxygen atoms in total. The minimum atomic E-state index is -0.322. The number of hydrogen-bond donors (Lipinski definition) is 1. The van der Waals surface area contributed by atoms with Gasteiger partial charge in [0.15, 0.2) is 5.82 Å². The molecule has 0 unspecified atom stereocenters. The van der Waals surface area contributed by atoms with E-state index >= 15 is 0 Å². The van der Waals surface area contributed by atoms with Crippen LogP contribution in [0.15, 0.2) is 36.5 Å². The second-order valence-electron chi connectivity index (χ2n) is 6.38. The third-order valence-corrected chi connectivity index (χ3v) is 4.62. The molecule has 0 aliphatic carbocycles. The van der Waals surface area contributed by atoms with Crippen LogP contribution in [0.5, 0.6) is 0 Å². The first-order valence-electron chi connectivity index (χ1n) is 8.58. The predicted octanol–water partition coefficient (Wildman–Crippen LogP) is 2.89. The number of carbonyl (C=O) groups excluding carboxylic acids is 1. The summed E-state index contributed by atoms with van der Waals surface area (Å²) in [7, 11) is 1.79. The van der Waals surface area contributed by atoms with E-state index in [1.165, 1.54) is 12.1 Å². The lowest BCUT2D eigenvalue weighted by molar-refractivity contribution is 0.0942. The van der Waals surface area contributed by atoms with Crippen molar-refractivity contribution in [3.05, 3.63) is 59.6 Å². The highest BCUT2D eigenvalue weighted by Crippen LogP contribution is 2.25. The fourth-order valence-corrected chi connectivity index (χ4v) is 3.25. The molecule has 134 valence electrons. The highest BCUT2D eigenvalue weighted by atomic mass is 19.1. The molecular formula is C19H19FN4O2. The van der Waals surface area contributed by atoms with Gasteiger partial charge in [-0.2, -0.15) is 0 Å². The zero-order valence-electron chi connectivity index (χ0n) is 14.4. The average Bonchev–Trinajstić information content (AvgIpc) is 3.28. The molecule has 1 aliphatic heterocycles. The maximum absolute atomic E-state index is 13.4. The van der Waals surface area contributed by atoms with Gasteiger partial charge in [-0.25, -0.2) is 14.4 Å². The molecule has 1 aromatic carbocycles. The Balaban J connectivity index is 1.49. The monoisotopic (exact) mass is 354 g/mol. The Morgan fingerprint density at radius 3 is 3.08 bits per heavy atom. The normalized spacial score (nSPS) is 16.9. The zero-order valence-corrected chi connectivity index (χ0v) is 14.4. The number of nitrogens with one attached hydrogen (secondary N) is 1. The molecular weight excluding hydrogens is 335 g/mol. The number of rotatable bonds is 4. The van der Waals surface area contributed by atoms with Crippen LogP contribution in [0.4, 0.5) is 4.39 Å². The van der Waals surface area contributed by atoms with Crippen molar-refractivity contribution in [3.63, 3.8) is 0 Å². The first-order valence-corrected chi connectivity index (χ1v) is 8.58. The lowest BCUT2D eigenvalue weighted by atomic mass is 10.2. The van der Waals surface area contributed by atoms with Gasteiger partial charge in [0.1, 0.15) is 17.6 Å². The van der Waals surface area contributed by atoms with Crippen molar-refractivity contribution < 1.29 is 13.9 Å². The van der Waals surface area contributed by atoms with Gasteiger partial charge < -0.3 is 14.6 Å². The van der Waals surface area contributed by atoms with Gasteiger partial charge in [-0.3, -0.25) is 4.79 Å². The third-order valence-electron chi connectivity index (χ3n) is 4.62. The summed E-state index contributed by atoms with van der Waals surface area (Å²) < 4.78 is 20.7. The number of ether oxygens (including phenoxy) is 1. The number of hydrogen-bond acceptors (Lipinski definition) is 4. The van der Waals surface area contributed by atoms with Crippen molar-refractivity contribution in [1.82, 2.24) is 19.9 Å². The van der Waals surface area contributed by atoms with E-state index in [4.69, 9.17) is 4.74 Å². The van der Waals surface area contributed by atoms with Crippen LogP contribution in [0, 0.1) is 5.82 Å². The Hall–Kier alpha value is -2.80. The van der Waals surface area contributed by atoms with Crippen molar-refractivity contribution in [2.24, 2.45) is 7.05 Å².